The number of aryl methyl sites for hydroxylation is 1. The molecule has 1 aromatic rings. The first-order valence-electron chi connectivity index (χ1n) is 6.85. The molecule has 1 N–H and O–H groups in total. The smallest absolute Gasteiger partial charge is 0.312 e. The summed E-state index contributed by atoms with van der Waals surface area (Å²) in [6, 6.07) is 3.82. The molecule has 0 heterocycles. The summed E-state index contributed by atoms with van der Waals surface area (Å²) in [5.74, 6) is 0.400. The molecular weight excluding hydrogens is 324 g/mol. The minimum atomic E-state index is -0.390. The van der Waals surface area contributed by atoms with Crippen molar-refractivity contribution in [2.24, 2.45) is 0 Å². The van der Waals surface area contributed by atoms with Crippen LogP contribution in [-0.4, -0.2) is 23.6 Å². The van der Waals surface area contributed by atoms with Crippen molar-refractivity contribution in [1.29, 1.82) is 0 Å². The van der Waals surface area contributed by atoms with Crippen molar-refractivity contribution in [1.82, 2.24) is 5.32 Å². The average molecular weight is 343 g/mol. The standard InChI is InChI=1S/C14H19BrN2O3/c1-3-4-16-11-7-12(8-11)20-14-9(2)5-10(15)6-13(14)17(18)19/h5-6,11-12,16H,3-4,7-8H2,1-2H3. The van der Waals surface area contributed by atoms with Crippen molar-refractivity contribution >= 4 is 21.6 Å². The third-order valence-corrected chi connectivity index (χ3v) is 3.94. The molecule has 0 spiro atoms. The van der Waals surface area contributed by atoms with E-state index in [0.717, 1.165) is 31.4 Å². The minimum absolute atomic E-state index is 0.0295. The van der Waals surface area contributed by atoms with E-state index in [1.54, 1.807) is 0 Å². The highest BCUT2D eigenvalue weighted by atomic mass is 79.9. The Morgan fingerprint density at radius 2 is 2.20 bits per heavy atom. The molecule has 0 unspecified atom stereocenters. The molecule has 1 saturated carbocycles. The van der Waals surface area contributed by atoms with Crippen LogP contribution in [0.1, 0.15) is 31.7 Å². The van der Waals surface area contributed by atoms with Gasteiger partial charge in [0.05, 0.1) is 4.92 Å². The Kier molecular flexibility index (Phi) is 4.99. The number of halogens is 1. The molecule has 2 rings (SSSR count). The van der Waals surface area contributed by atoms with Gasteiger partial charge >= 0.3 is 5.69 Å². The largest absolute Gasteiger partial charge is 0.483 e. The molecule has 1 aliphatic rings. The maximum Gasteiger partial charge on any atom is 0.312 e. The number of nitrogens with one attached hydrogen (secondary N) is 1. The molecule has 5 nitrogen and oxygen atoms in total. The summed E-state index contributed by atoms with van der Waals surface area (Å²) in [6.45, 7) is 4.97. The fourth-order valence-electron chi connectivity index (χ4n) is 2.34. The fourth-order valence-corrected chi connectivity index (χ4v) is 2.91. The lowest BCUT2D eigenvalue weighted by Gasteiger charge is -2.36. The van der Waals surface area contributed by atoms with Crippen LogP contribution < -0.4 is 10.1 Å². The molecule has 1 aromatic carbocycles. The second kappa shape index (κ2) is 6.54. The highest BCUT2D eigenvalue weighted by Crippen LogP contribution is 2.37. The summed E-state index contributed by atoms with van der Waals surface area (Å²) in [5.41, 5.74) is 0.817. The Morgan fingerprint density at radius 3 is 2.80 bits per heavy atom. The van der Waals surface area contributed by atoms with Crippen LogP contribution in [-0.2, 0) is 0 Å². The van der Waals surface area contributed by atoms with Gasteiger partial charge in [-0.1, -0.05) is 22.9 Å². The molecule has 6 heteroatoms. The van der Waals surface area contributed by atoms with E-state index in [1.807, 2.05) is 13.0 Å². The molecule has 1 fully saturated rings. The highest BCUT2D eigenvalue weighted by Gasteiger charge is 2.32. The summed E-state index contributed by atoms with van der Waals surface area (Å²) in [4.78, 5) is 10.7. The van der Waals surface area contributed by atoms with Gasteiger partial charge in [0.15, 0.2) is 5.75 Å². The molecule has 0 bridgehead atoms. The number of hydrogen-bond donors (Lipinski definition) is 1. The van der Waals surface area contributed by atoms with Crippen LogP contribution in [0.5, 0.6) is 5.75 Å². The molecule has 0 amide bonds. The first-order valence-corrected chi connectivity index (χ1v) is 7.65. The monoisotopic (exact) mass is 342 g/mol. The summed E-state index contributed by atoms with van der Waals surface area (Å²) < 4.78 is 6.54. The Hall–Kier alpha value is -1.14. The van der Waals surface area contributed by atoms with E-state index >= 15 is 0 Å². The van der Waals surface area contributed by atoms with Crippen LogP contribution in [0.3, 0.4) is 0 Å². The molecule has 20 heavy (non-hydrogen) atoms. The van der Waals surface area contributed by atoms with Gasteiger partial charge in [0.2, 0.25) is 0 Å². The van der Waals surface area contributed by atoms with Crippen LogP contribution in [0, 0.1) is 17.0 Å². The lowest BCUT2D eigenvalue weighted by molar-refractivity contribution is -0.386. The van der Waals surface area contributed by atoms with Gasteiger partial charge in [-0.15, -0.1) is 0 Å². The Labute approximate surface area is 127 Å². The number of nitrogens with zero attached hydrogens (tertiary/aromatic N) is 1. The molecule has 0 saturated heterocycles. The van der Waals surface area contributed by atoms with Crippen LogP contribution in [0.25, 0.3) is 0 Å². The number of benzene rings is 1. The number of nitro groups is 1. The normalized spacial score (nSPS) is 21.4. The van der Waals surface area contributed by atoms with Crippen molar-refractivity contribution in [2.75, 3.05) is 6.54 Å². The van der Waals surface area contributed by atoms with Crippen LogP contribution in [0.15, 0.2) is 16.6 Å². The molecule has 0 atom stereocenters. The third-order valence-electron chi connectivity index (χ3n) is 3.48. The van der Waals surface area contributed by atoms with Gasteiger partial charge in [0.25, 0.3) is 0 Å². The second-order valence-corrected chi connectivity index (χ2v) is 6.11. The Bertz CT molecular complexity index is 501. The molecule has 0 radical (unpaired) electrons. The summed E-state index contributed by atoms with van der Waals surface area (Å²) in [7, 11) is 0. The number of ether oxygens (including phenoxy) is 1. The number of nitro benzene ring substituents is 1. The highest BCUT2D eigenvalue weighted by molar-refractivity contribution is 9.10. The van der Waals surface area contributed by atoms with Crippen molar-refractivity contribution in [3.63, 3.8) is 0 Å². The van der Waals surface area contributed by atoms with Gasteiger partial charge in [0.1, 0.15) is 6.10 Å². The lowest BCUT2D eigenvalue weighted by atomic mass is 9.89. The van der Waals surface area contributed by atoms with Gasteiger partial charge in [-0.25, -0.2) is 0 Å². The topological polar surface area (TPSA) is 64.4 Å². The van der Waals surface area contributed by atoms with Crippen molar-refractivity contribution < 1.29 is 9.66 Å². The summed E-state index contributed by atoms with van der Waals surface area (Å²) in [6.07, 6.45) is 3.00. The zero-order valence-corrected chi connectivity index (χ0v) is 13.3. The molecule has 0 aliphatic heterocycles. The van der Waals surface area contributed by atoms with E-state index in [0.29, 0.717) is 16.3 Å². The molecule has 110 valence electrons. The van der Waals surface area contributed by atoms with Crippen molar-refractivity contribution in [2.45, 2.75) is 45.3 Å². The van der Waals surface area contributed by atoms with E-state index in [-0.39, 0.29) is 11.8 Å². The average Bonchev–Trinajstić information content (AvgIpc) is 2.33. The zero-order chi connectivity index (χ0) is 14.7. The minimum Gasteiger partial charge on any atom is -0.483 e. The van der Waals surface area contributed by atoms with Gasteiger partial charge in [-0.2, -0.15) is 0 Å². The van der Waals surface area contributed by atoms with E-state index < -0.39 is 4.92 Å². The van der Waals surface area contributed by atoms with Crippen LogP contribution in [0.2, 0.25) is 0 Å². The molecular formula is C14H19BrN2O3. The number of rotatable bonds is 6. The molecule has 1 aliphatic carbocycles. The molecule has 0 aromatic heterocycles. The van der Waals surface area contributed by atoms with Crippen LogP contribution in [0.4, 0.5) is 5.69 Å². The fraction of sp³-hybridized carbons (Fsp3) is 0.571. The number of hydrogen-bond acceptors (Lipinski definition) is 4. The predicted octanol–water partition coefficient (Wildman–Crippen LogP) is 3.58. The van der Waals surface area contributed by atoms with Crippen LogP contribution >= 0.6 is 15.9 Å². The van der Waals surface area contributed by atoms with Gasteiger partial charge in [0, 0.05) is 16.6 Å². The van der Waals surface area contributed by atoms with Gasteiger partial charge < -0.3 is 10.1 Å². The predicted molar refractivity (Wildman–Crippen MR) is 81.3 cm³/mol. The quantitative estimate of drug-likeness (QED) is 0.633. The Morgan fingerprint density at radius 1 is 1.50 bits per heavy atom. The van der Waals surface area contributed by atoms with E-state index in [1.165, 1.54) is 6.07 Å². The van der Waals surface area contributed by atoms with Gasteiger partial charge in [-0.3, -0.25) is 10.1 Å². The third kappa shape index (κ3) is 3.49. The van der Waals surface area contributed by atoms with Gasteiger partial charge in [-0.05, 0) is 44.4 Å². The maximum atomic E-state index is 11.1. The first-order chi connectivity index (χ1) is 9.51. The SMILES string of the molecule is CCCNC1CC(Oc2c(C)cc(Br)cc2[N+](=O)[O-])C1. The zero-order valence-electron chi connectivity index (χ0n) is 11.7. The van der Waals surface area contributed by atoms with E-state index in [4.69, 9.17) is 4.74 Å². The summed E-state index contributed by atoms with van der Waals surface area (Å²) >= 11 is 3.28. The summed E-state index contributed by atoms with van der Waals surface area (Å²) in [5, 5.41) is 14.5. The van der Waals surface area contributed by atoms with Crippen molar-refractivity contribution in [3.8, 4) is 5.75 Å². The van der Waals surface area contributed by atoms with E-state index in [9.17, 15) is 10.1 Å². The lowest BCUT2D eigenvalue weighted by Crippen LogP contribution is -2.47. The van der Waals surface area contributed by atoms with E-state index in [2.05, 4.69) is 28.2 Å². The Balaban J connectivity index is 2.02. The van der Waals surface area contributed by atoms with Crippen molar-refractivity contribution in [3.05, 3.63) is 32.3 Å². The first kappa shape index (κ1) is 15.3. The maximum absolute atomic E-state index is 11.1. The second-order valence-electron chi connectivity index (χ2n) is 5.19.